The van der Waals surface area contributed by atoms with E-state index in [4.69, 9.17) is 14.2 Å². The van der Waals surface area contributed by atoms with Crippen LogP contribution >= 0.6 is 11.8 Å². The molecule has 200 valence electrons. The van der Waals surface area contributed by atoms with Crippen LogP contribution in [0.2, 0.25) is 0 Å². The largest absolute Gasteiger partial charge is 0.493 e. The number of benzene rings is 2. The highest BCUT2D eigenvalue weighted by Crippen LogP contribution is 2.38. The van der Waals surface area contributed by atoms with Gasteiger partial charge >= 0.3 is 12.2 Å². The second kappa shape index (κ2) is 11.6. The summed E-state index contributed by atoms with van der Waals surface area (Å²) < 4.78 is 55.8. The zero-order valence-electron chi connectivity index (χ0n) is 20.5. The van der Waals surface area contributed by atoms with Crippen molar-refractivity contribution in [2.75, 3.05) is 38.1 Å². The van der Waals surface area contributed by atoms with Crippen LogP contribution in [0, 0.1) is 0 Å². The number of nitrogens with one attached hydrogen (secondary N) is 2. The van der Waals surface area contributed by atoms with Gasteiger partial charge in [0.25, 0.3) is 0 Å². The van der Waals surface area contributed by atoms with Crippen molar-refractivity contribution in [2.45, 2.75) is 16.1 Å². The van der Waals surface area contributed by atoms with E-state index < -0.39 is 17.9 Å². The number of carbonyl (C=O) groups excluding carboxylic acids is 1. The van der Waals surface area contributed by atoms with Crippen LogP contribution in [0.25, 0.3) is 10.9 Å². The molecule has 4 aromatic rings. The smallest absolute Gasteiger partial charge is 0.433 e. The molecule has 14 heteroatoms. The zero-order chi connectivity index (χ0) is 27.3. The quantitative estimate of drug-likeness (QED) is 0.217. The molecule has 0 saturated carbocycles. The molecule has 2 aromatic carbocycles. The molecular weight excluding hydrogens is 525 g/mol. The molecule has 2 amide bonds. The Balaban J connectivity index is 1.49. The first kappa shape index (κ1) is 27.0. The third kappa shape index (κ3) is 6.44. The van der Waals surface area contributed by atoms with Gasteiger partial charge in [0.15, 0.2) is 17.3 Å². The minimum Gasteiger partial charge on any atom is -0.493 e. The molecule has 0 spiro atoms. The van der Waals surface area contributed by atoms with Gasteiger partial charge in [0.2, 0.25) is 0 Å². The minimum absolute atomic E-state index is 0.227. The van der Waals surface area contributed by atoms with E-state index in [1.165, 1.54) is 25.2 Å². The van der Waals surface area contributed by atoms with Crippen molar-refractivity contribution in [3.63, 3.8) is 0 Å². The number of halogens is 3. The second-order valence-corrected chi connectivity index (χ2v) is 8.85. The van der Waals surface area contributed by atoms with Crippen LogP contribution in [-0.2, 0) is 18.0 Å². The first-order valence-corrected chi connectivity index (χ1v) is 11.9. The summed E-state index contributed by atoms with van der Waals surface area (Å²) in [6, 6.07) is 10.5. The lowest BCUT2D eigenvalue weighted by atomic mass is 10.2. The molecule has 0 saturated heterocycles. The third-order valence-corrected chi connectivity index (χ3v) is 6.16. The molecule has 0 fully saturated rings. The van der Waals surface area contributed by atoms with Crippen LogP contribution in [-0.4, -0.2) is 53.2 Å². The summed E-state index contributed by atoms with van der Waals surface area (Å²) in [5, 5.41) is 9.97. The van der Waals surface area contributed by atoms with Gasteiger partial charge in [-0.2, -0.15) is 18.3 Å². The normalized spacial score (nSPS) is 11.4. The number of alkyl halides is 3. The SMILES string of the molecule is COCCOc1cc2ncnc(Sc3cccc(NC(=O)Nc4cc(C(F)(F)F)n(C)n4)c3)c2cc1OC. The predicted octanol–water partition coefficient (Wildman–Crippen LogP) is 5.21. The highest BCUT2D eigenvalue weighted by Gasteiger charge is 2.35. The Bertz CT molecular complexity index is 1450. The fourth-order valence-corrected chi connectivity index (χ4v) is 4.38. The number of ether oxygens (including phenoxy) is 3. The summed E-state index contributed by atoms with van der Waals surface area (Å²) in [5.74, 6) is 0.814. The maximum absolute atomic E-state index is 13.0. The van der Waals surface area contributed by atoms with Crippen LogP contribution in [0.4, 0.5) is 29.5 Å². The fourth-order valence-electron chi connectivity index (χ4n) is 3.45. The lowest BCUT2D eigenvalue weighted by Crippen LogP contribution is -2.19. The van der Waals surface area contributed by atoms with Crippen LogP contribution in [0.15, 0.2) is 58.7 Å². The number of aryl methyl sites for hydroxylation is 1. The fraction of sp³-hybridized carbons (Fsp3) is 0.250. The number of amides is 2. The number of hydrogen-bond acceptors (Lipinski definition) is 8. The Labute approximate surface area is 219 Å². The molecule has 2 aromatic heterocycles. The number of nitrogens with zero attached hydrogens (tertiary/aromatic N) is 4. The summed E-state index contributed by atoms with van der Waals surface area (Å²) in [6.45, 7) is 0.771. The van der Waals surface area contributed by atoms with Crippen LogP contribution in [0.1, 0.15) is 5.69 Å². The maximum Gasteiger partial charge on any atom is 0.433 e. The Morgan fingerprint density at radius 1 is 1.05 bits per heavy atom. The maximum atomic E-state index is 13.0. The van der Waals surface area contributed by atoms with Crippen LogP contribution in [0.5, 0.6) is 11.5 Å². The topological polar surface area (TPSA) is 112 Å². The third-order valence-electron chi connectivity index (χ3n) is 5.15. The van der Waals surface area contributed by atoms with E-state index in [0.717, 1.165) is 23.4 Å². The van der Waals surface area contributed by atoms with E-state index in [2.05, 4.69) is 25.7 Å². The molecule has 4 rings (SSSR count). The van der Waals surface area contributed by atoms with E-state index in [1.54, 1.807) is 37.4 Å². The standard InChI is InChI=1S/C24H23F3N6O4S/c1-33-20(24(25,26)27)12-21(32-33)31-23(34)30-14-5-4-6-15(9-14)38-22-16-10-18(36-3)19(37-8-7-35-2)11-17(16)28-13-29-22/h4-6,9-13H,7-8H2,1-3H3,(H2,30,31,32,34). The first-order chi connectivity index (χ1) is 18.2. The number of methoxy groups -OCH3 is 2. The molecule has 0 aliphatic carbocycles. The predicted molar refractivity (Wildman–Crippen MR) is 135 cm³/mol. The van der Waals surface area contributed by atoms with Gasteiger partial charge in [-0.3, -0.25) is 10.00 Å². The number of anilines is 2. The van der Waals surface area contributed by atoms with Crippen LogP contribution < -0.4 is 20.1 Å². The van der Waals surface area contributed by atoms with Gasteiger partial charge in [-0.1, -0.05) is 17.8 Å². The molecule has 0 unspecified atom stereocenters. The molecule has 0 bridgehead atoms. The van der Waals surface area contributed by atoms with E-state index in [1.807, 2.05) is 6.07 Å². The molecule has 2 heterocycles. The van der Waals surface area contributed by atoms with Gasteiger partial charge in [0.1, 0.15) is 23.7 Å². The van der Waals surface area contributed by atoms with Crippen molar-refractivity contribution in [2.24, 2.45) is 7.05 Å². The molecule has 0 aliphatic heterocycles. The Morgan fingerprint density at radius 3 is 2.58 bits per heavy atom. The highest BCUT2D eigenvalue weighted by atomic mass is 32.2. The Kier molecular flexibility index (Phi) is 8.22. The van der Waals surface area contributed by atoms with Crippen molar-refractivity contribution >= 4 is 40.2 Å². The molecule has 38 heavy (non-hydrogen) atoms. The monoisotopic (exact) mass is 548 g/mol. The number of urea groups is 1. The summed E-state index contributed by atoms with van der Waals surface area (Å²) in [7, 11) is 4.27. The number of rotatable bonds is 9. The van der Waals surface area contributed by atoms with Crippen molar-refractivity contribution in [1.82, 2.24) is 19.7 Å². The van der Waals surface area contributed by atoms with Gasteiger partial charge in [-0.15, -0.1) is 0 Å². The van der Waals surface area contributed by atoms with E-state index in [9.17, 15) is 18.0 Å². The highest BCUT2D eigenvalue weighted by molar-refractivity contribution is 7.99. The van der Waals surface area contributed by atoms with E-state index in [-0.39, 0.29) is 5.82 Å². The average Bonchev–Trinajstić information content (AvgIpc) is 3.24. The van der Waals surface area contributed by atoms with Crippen LogP contribution in [0.3, 0.4) is 0 Å². The lowest BCUT2D eigenvalue weighted by molar-refractivity contribution is -0.143. The molecule has 0 atom stereocenters. The summed E-state index contributed by atoms with van der Waals surface area (Å²) in [5.41, 5.74) is 0.0933. The molecule has 0 radical (unpaired) electrons. The number of fused-ring (bicyclic) bond motifs is 1. The number of aromatic nitrogens is 4. The number of carbonyl (C=O) groups is 1. The zero-order valence-corrected chi connectivity index (χ0v) is 21.3. The van der Waals surface area contributed by atoms with Gasteiger partial charge in [0.05, 0.1) is 19.2 Å². The van der Waals surface area contributed by atoms with Crippen molar-refractivity contribution in [3.05, 3.63) is 54.5 Å². The average molecular weight is 549 g/mol. The van der Waals surface area contributed by atoms with Gasteiger partial charge in [-0.25, -0.2) is 14.8 Å². The van der Waals surface area contributed by atoms with Crippen molar-refractivity contribution < 1.29 is 32.2 Å². The van der Waals surface area contributed by atoms with Gasteiger partial charge in [0, 0.05) is 42.3 Å². The summed E-state index contributed by atoms with van der Waals surface area (Å²) in [6.07, 6.45) is -3.15. The van der Waals surface area contributed by atoms with Crippen molar-refractivity contribution in [1.29, 1.82) is 0 Å². The first-order valence-electron chi connectivity index (χ1n) is 11.1. The number of hydrogen-bond donors (Lipinski definition) is 2. The Morgan fingerprint density at radius 2 is 1.87 bits per heavy atom. The van der Waals surface area contributed by atoms with E-state index in [0.29, 0.717) is 45.6 Å². The van der Waals surface area contributed by atoms with Crippen molar-refractivity contribution in [3.8, 4) is 11.5 Å². The van der Waals surface area contributed by atoms with E-state index >= 15 is 0 Å². The Hall–Kier alpha value is -4.04. The van der Waals surface area contributed by atoms with Gasteiger partial charge < -0.3 is 19.5 Å². The second-order valence-electron chi connectivity index (χ2n) is 7.79. The summed E-state index contributed by atoms with van der Waals surface area (Å²) in [4.78, 5) is 21.9. The molecular formula is C24H23F3N6O4S. The molecule has 10 nitrogen and oxygen atoms in total. The minimum atomic E-state index is -4.59. The van der Waals surface area contributed by atoms with Gasteiger partial charge in [-0.05, 0) is 24.3 Å². The lowest BCUT2D eigenvalue weighted by Gasteiger charge is -2.13. The summed E-state index contributed by atoms with van der Waals surface area (Å²) >= 11 is 1.34. The molecule has 2 N–H and O–H groups in total. The molecule has 0 aliphatic rings.